The highest BCUT2D eigenvalue weighted by atomic mass is 19.1. The Kier molecular flexibility index (Phi) is 5.67. The minimum atomic E-state index is -0.728. The van der Waals surface area contributed by atoms with E-state index in [4.69, 9.17) is 4.84 Å². The SMILES string of the molecule is CC(C)C(=O)NCCNC(=O)[C@@H]1CC(c2cccc(F)c2)=NO1. The summed E-state index contributed by atoms with van der Waals surface area (Å²) in [6, 6.07) is 5.99. The number of halogens is 1. The molecule has 23 heavy (non-hydrogen) atoms. The van der Waals surface area contributed by atoms with Gasteiger partial charge in [0.15, 0.2) is 0 Å². The van der Waals surface area contributed by atoms with Gasteiger partial charge in [0.05, 0.1) is 5.71 Å². The summed E-state index contributed by atoms with van der Waals surface area (Å²) in [5, 5.41) is 9.23. The van der Waals surface area contributed by atoms with Crippen LogP contribution in [0.1, 0.15) is 25.8 Å². The number of rotatable bonds is 6. The molecule has 2 rings (SSSR count). The zero-order valence-corrected chi connectivity index (χ0v) is 13.1. The molecule has 124 valence electrons. The number of nitrogens with zero attached hydrogens (tertiary/aromatic N) is 1. The van der Waals surface area contributed by atoms with Gasteiger partial charge in [-0.05, 0) is 12.1 Å². The van der Waals surface area contributed by atoms with Crippen molar-refractivity contribution in [2.45, 2.75) is 26.4 Å². The summed E-state index contributed by atoms with van der Waals surface area (Å²) in [5.74, 6) is -0.822. The zero-order chi connectivity index (χ0) is 16.8. The van der Waals surface area contributed by atoms with Gasteiger partial charge < -0.3 is 15.5 Å². The Hall–Kier alpha value is -2.44. The number of benzene rings is 1. The summed E-state index contributed by atoms with van der Waals surface area (Å²) < 4.78 is 13.2. The second-order valence-electron chi connectivity index (χ2n) is 5.58. The fourth-order valence-electron chi connectivity index (χ4n) is 2.05. The largest absolute Gasteiger partial charge is 0.382 e. The lowest BCUT2D eigenvalue weighted by Crippen LogP contribution is -2.40. The summed E-state index contributed by atoms with van der Waals surface area (Å²) in [6.45, 7) is 4.26. The average molecular weight is 321 g/mol. The summed E-state index contributed by atoms with van der Waals surface area (Å²) in [5.41, 5.74) is 1.14. The standard InChI is InChI=1S/C16H20FN3O3/c1-10(2)15(21)18-6-7-19-16(22)14-9-13(20-23-14)11-4-3-5-12(17)8-11/h3-5,8,10,14H,6-7,9H2,1-2H3,(H,18,21)(H,19,22)/t14-/m0/s1. The van der Waals surface area contributed by atoms with E-state index in [-0.39, 0.29) is 30.0 Å². The average Bonchev–Trinajstić information content (AvgIpc) is 3.01. The van der Waals surface area contributed by atoms with Crippen molar-refractivity contribution >= 4 is 17.5 Å². The van der Waals surface area contributed by atoms with E-state index >= 15 is 0 Å². The van der Waals surface area contributed by atoms with E-state index in [1.807, 2.05) is 0 Å². The van der Waals surface area contributed by atoms with Crippen LogP contribution >= 0.6 is 0 Å². The minimum Gasteiger partial charge on any atom is -0.382 e. The molecule has 0 saturated carbocycles. The van der Waals surface area contributed by atoms with Crippen molar-refractivity contribution in [1.82, 2.24) is 10.6 Å². The molecule has 0 saturated heterocycles. The molecule has 2 N–H and O–H groups in total. The Morgan fingerprint density at radius 3 is 2.78 bits per heavy atom. The Morgan fingerprint density at radius 1 is 1.35 bits per heavy atom. The third-order valence-corrected chi connectivity index (χ3v) is 3.37. The van der Waals surface area contributed by atoms with Gasteiger partial charge in [0.2, 0.25) is 12.0 Å². The first kappa shape index (κ1) is 16.9. The van der Waals surface area contributed by atoms with Gasteiger partial charge in [-0.3, -0.25) is 9.59 Å². The molecule has 6 nitrogen and oxygen atoms in total. The van der Waals surface area contributed by atoms with Crippen molar-refractivity contribution in [3.05, 3.63) is 35.6 Å². The quantitative estimate of drug-likeness (QED) is 0.773. The van der Waals surface area contributed by atoms with Gasteiger partial charge in [-0.1, -0.05) is 31.1 Å². The first-order valence-electron chi connectivity index (χ1n) is 7.51. The number of nitrogens with one attached hydrogen (secondary N) is 2. The van der Waals surface area contributed by atoms with Crippen LogP contribution < -0.4 is 10.6 Å². The van der Waals surface area contributed by atoms with Crippen molar-refractivity contribution in [2.75, 3.05) is 13.1 Å². The van der Waals surface area contributed by atoms with E-state index in [0.717, 1.165) is 0 Å². The third-order valence-electron chi connectivity index (χ3n) is 3.37. The van der Waals surface area contributed by atoms with Crippen LogP contribution in [0.15, 0.2) is 29.4 Å². The summed E-state index contributed by atoms with van der Waals surface area (Å²) in [4.78, 5) is 28.4. The number of amides is 2. The van der Waals surface area contributed by atoms with E-state index in [2.05, 4.69) is 15.8 Å². The highest BCUT2D eigenvalue weighted by Gasteiger charge is 2.28. The first-order chi connectivity index (χ1) is 11.0. The predicted octanol–water partition coefficient (Wildman–Crippen LogP) is 1.21. The van der Waals surface area contributed by atoms with Gasteiger partial charge in [0, 0.05) is 31.0 Å². The number of carbonyl (C=O) groups is 2. The Morgan fingerprint density at radius 2 is 2.09 bits per heavy atom. The highest BCUT2D eigenvalue weighted by Crippen LogP contribution is 2.17. The molecule has 0 aliphatic carbocycles. The van der Waals surface area contributed by atoms with Crippen LogP contribution in [0.25, 0.3) is 0 Å². The topological polar surface area (TPSA) is 79.8 Å². The van der Waals surface area contributed by atoms with Crippen molar-refractivity contribution in [3.63, 3.8) is 0 Å². The van der Waals surface area contributed by atoms with Gasteiger partial charge in [-0.15, -0.1) is 0 Å². The van der Waals surface area contributed by atoms with E-state index in [0.29, 0.717) is 24.4 Å². The maximum atomic E-state index is 13.2. The summed E-state index contributed by atoms with van der Waals surface area (Å²) in [6.07, 6.45) is -0.442. The van der Waals surface area contributed by atoms with E-state index in [1.165, 1.54) is 12.1 Å². The van der Waals surface area contributed by atoms with E-state index in [1.54, 1.807) is 26.0 Å². The molecule has 7 heteroatoms. The van der Waals surface area contributed by atoms with Gasteiger partial charge in [-0.25, -0.2) is 4.39 Å². The maximum Gasteiger partial charge on any atom is 0.264 e. The molecule has 0 unspecified atom stereocenters. The van der Waals surface area contributed by atoms with Crippen molar-refractivity contribution < 1.29 is 18.8 Å². The smallest absolute Gasteiger partial charge is 0.264 e. The van der Waals surface area contributed by atoms with Crippen LogP contribution in [0, 0.1) is 11.7 Å². The number of carbonyl (C=O) groups excluding carboxylic acids is 2. The number of oxime groups is 1. The normalized spacial score (nSPS) is 16.7. The van der Waals surface area contributed by atoms with Gasteiger partial charge >= 0.3 is 0 Å². The molecule has 1 aliphatic rings. The fourth-order valence-corrected chi connectivity index (χ4v) is 2.05. The van der Waals surface area contributed by atoms with Crippen LogP contribution in [0.5, 0.6) is 0 Å². The van der Waals surface area contributed by atoms with Gasteiger partial charge in [-0.2, -0.15) is 0 Å². The summed E-state index contributed by atoms with van der Waals surface area (Å²) in [7, 11) is 0. The molecule has 1 heterocycles. The lowest BCUT2D eigenvalue weighted by molar-refractivity contribution is -0.131. The number of hydrogen-bond acceptors (Lipinski definition) is 4. The second-order valence-corrected chi connectivity index (χ2v) is 5.58. The molecule has 0 aromatic heterocycles. The lowest BCUT2D eigenvalue weighted by Gasteiger charge is -2.11. The highest BCUT2D eigenvalue weighted by molar-refractivity contribution is 6.04. The second kappa shape index (κ2) is 7.71. The van der Waals surface area contributed by atoms with Crippen LogP contribution in [0.3, 0.4) is 0 Å². The fraction of sp³-hybridized carbons (Fsp3) is 0.438. The molecule has 0 spiro atoms. The van der Waals surface area contributed by atoms with Crippen LogP contribution in [0.2, 0.25) is 0 Å². The van der Waals surface area contributed by atoms with Gasteiger partial charge in [0.25, 0.3) is 5.91 Å². The molecule has 1 aromatic rings. The van der Waals surface area contributed by atoms with Gasteiger partial charge in [0.1, 0.15) is 5.82 Å². The Bertz CT molecular complexity index is 616. The lowest BCUT2D eigenvalue weighted by atomic mass is 10.0. The van der Waals surface area contributed by atoms with Crippen molar-refractivity contribution in [3.8, 4) is 0 Å². The van der Waals surface area contributed by atoms with E-state index < -0.39 is 6.10 Å². The van der Waals surface area contributed by atoms with Crippen molar-refractivity contribution in [2.24, 2.45) is 11.1 Å². The van der Waals surface area contributed by atoms with Crippen LogP contribution in [-0.2, 0) is 14.4 Å². The molecule has 0 fully saturated rings. The number of hydrogen-bond donors (Lipinski definition) is 2. The Balaban J connectivity index is 1.75. The summed E-state index contributed by atoms with van der Waals surface area (Å²) >= 11 is 0. The predicted molar refractivity (Wildman–Crippen MR) is 83.3 cm³/mol. The van der Waals surface area contributed by atoms with Crippen LogP contribution in [0.4, 0.5) is 4.39 Å². The zero-order valence-electron chi connectivity index (χ0n) is 13.1. The monoisotopic (exact) mass is 321 g/mol. The maximum absolute atomic E-state index is 13.2. The molecule has 1 aromatic carbocycles. The molecule has 1 atom stereocenters. The van der Waals surface area contributed by atoms with Crippen LogP contribution in [-0.4, -0.2) is 36.7 Å². The molecule has 1 aliphatic heterocycles. The molecule has 2 amide bonds. The van der Waals surface area contributed by atoms with Crippen molar-refractivity contribution in [1.29, 1.82) is 0 Å². The molecule has 0 radical (unpaired) electrons. The van der Waals surface area contributed by atoms with E-state index in [9.17, 15) is 14.0 Å². The molecular weight excluding hydrogens is 301 g/mol. The third kappa shape index (κ3) is 4.77. The molecular formula is C16H20FN3O3. The first-order valence-corrected chi connectivity index (χ1v) is 7.51. The Labute approximate surface area is 134 Å². The molecule has 0 bridgehead atoms. The minimum absolute atomic E-state index is 0.0620.